The maximum Gasteiger partial charge on any atom is 0.164 e. The highest BCUT2D eigenvalue weighted by atomic mass is 15.1. The van der Waals surface area contributed by atoms with Gasteiger partial charge in [0.05, 0.1) is 27.6 Å². The van der Waals surface area contributed by atoms with Crippen LogP contribution in [0, 0.1) is 0 Å². The van der Waals surface area contributed by atoms with Crippen molar-refractivity contribution in [1.82, 2.24) is 24.5 Å². The summed E-state index contributed by atoms with van der Waals surface area (Å²) >= 11 is 0. The van der Waals surface area contributed by atoms with Gasteiger partial charge < -0.3 is 0 Å². The highest BCUT2D eigenvalue weighted by Gasteiger charge is 2.51. The van der Waals surface area contributed by atoms with Gasteiger partial charge in [0.15, 0.2) is 17.5 Å². The van der Waals surface area contributed by atoms with E-state index in [0.717, 1.165) is 33.5 Å². The highest BCUT2D eigenvalue weighted by molar-refractivity contribution is 5.96. The first-order chi connectivity index (χ1) is 27.0. The largest absolute Gasteiger partial charge is 0.295 e. The highest BCUT2D eigenvalue weighted by Crippen LogP contribution is 2.63. The molecule has 55 heavy (non-hydrogen) atoms. The predicted molar refractivity (Wildman–Crippen MR) is 219 cm³/mol. The third-order valence-electron chi connectivity index (χ3n) is 12.2. The molecule has 3 heterocycles. The molecule has 3 aliphatic rings. The third-order valence-corrected chi connectivity index (χ3v) is 12.2. The molecule has 2 aromatic heterocycles. The minimum Gasteiger partial charge on any atom is -0.295 e. The van der Waals surface area contributed by atoms with Gasteiger partial charge in [-0.2, -0.15) is 0 Å². The number of hydrogen-bond donors (Lipinski definition) is 0. The second-order valence-electron chi connectivity index (χ2n) is 15.4. The summed E-state index contributed by atoms with van der Waals surface area (Å²) in [6, 6.07) is 58.7. The molecule has 0 radical (unpaired) electrons. The van der Waals surface area contributed by atoms with Gasteiger partial charge in [-0.15, -0.1) is 0 Å². The summed E-state index contributed by atoms with van der Waals surface area (Å²) in [5, 5.41) is 0. The zero-order valence-electron chi connectivity index (χ0n) is 30.3. The van der Waals surface area contributed by atoms with Crippen LogP contribution in [0.5, 0.6) is 0 Å². The number of hydrogen-bond acceptors (Lipinski definition) is 4. The molecule has 0 N–H and O–H groups in total. The van der Waals surface area contributed by atoms with E-state index >= 15 is 0 Å². The Kier molecular flexibility index (Phi) is 5.99. The van der Waals surface area contributed by atoms with Gasteiger partial charge in [-0.25, -0.2) is 19.9 Å². The van der Waals surface area contributed by atoms with Crippen LogP contribution in [0.25, 0.3) is 73.1 Å². The lowest BCUT2D eigenvalue weighted by Gasteiger charge is -2.30. The number of rotatable bonds is 3. The van der Waals surface area contributed by atoms with E-state index < -0.39 is 5.41 Å². The molecule has 2 aliphatic carbocycles. The SMILES string of the molecule is CC1(C)c2ccccc2-n2c1nc1cc(-c3nc(-c4ccccc4)nc(-c4ccc5c(c4)C4(c6ccccc6-c6ccccc64)c4ccccc4-5)n3)ccc12. The van der Waals surface area contributed by atoms with E-state index in [2.05, 4.69) is 164 Å². The van der Waals surface area contributed by atoms with Crippen LogP contribution in [0.2, 0.25) is 0 Å². The zero-order chi connectivity index (χ0) is 36.5. The monoisotopic (exact) mass is 703 g/mol. The normalized spacial score (nSPS) is 14.7. The Balaban J connectivity index is 1.07. The van der Waals surface area contributed by atoms with Crippen molar-refractivity contribution in [1.29, 1.82) is 0 Å². The summed E-state index contributed by atoms with van der Waals surface area (Å²) in [6.07, 6.45) is 0. The second kappa shape index (κ2) is 10.8. The van der Waals surface area contributed by atoms with Gasteiger partial charge >= 0.3 is 0 Å². The molecule has 0 bridgehead atoms. The standard InChI is InChI=1S/C50H33N5/c1-49(2)40-22-12-13-23-43(40)55-44-27-25-32(29-42(44)51-48(49)55)47-53-45(30-14-4-3-5-15-30)52-46(54-47)31-24-26-36-35-18-8-11-21-39(35)50(41(36)28-31)37-19-9-6-16-33(37)34-17-7-10-20-38(34)50/h3-29H,1-2H3. The number of nitrogens with zero attached hydrogens (tertiary/aromatic N) is 5. The fraction of sp³-hybridized carbons (Fsp3) is 0.0800. The van der Waals surface area contributed by atoms with Crippen LogP contribution in [-0.2, 0) is 10.8 Å². The van der Waals surface area contributed by atoms with E-state index in [9.17, 15) is 0 Å². The molecule has 0 atom stereocenters. The topological polar surface area (TPSA) is 56.5 Å². The summed E-state index contributed by atoms with van der Waals surface area (Å²) in [7, 11) is 0. The van der Waals surface area contributed by atoms with Gasteiger partial charge in [-0.05, 0) is 94.3 Å². The van der Waals surface area contributed by atoms with Crippen LogP contribution < -0.4 is 0 Å². The first-order valence-corrected chi connectivity index (χ1v) is 18.9. The van der Waals surface area contributed by atoms with E-state index in [1.165, 1.54) is 55.8 Å². The van der Waals surface area contributed by atoms with Crippen LogP contribution in [0.3, 0.4) is 0 Å². The molecule has 9 aromatic rings. The Bertz CT molecular complexity index is 3020. The van der Waals surface area contributed by atoms with Crippen molar-refractivity contribution in [2.45, 2.75) is 24.7 Å². The van der Waals surface area contributed by atoms with E-state index in [0.29, 0.717) is 17.5 Å². The van der Waals surface area contributed by atoms with Crippen molar-refractivity contribution in [3.63, 3.8) is 0 Å². The number of imidazole rings is 1. The zero-order valence-corrected chi connectivity index (χ0v) is 30.3. The van der Waals surface area contributed by atoms with Gasteiger partial charge in [0, 0.05) is 16.7 Å². The third kappa shape index (κ3) is 3.97. The average Bonchev–Trinajstić information content (AvgIpc) is 3.93. The summed E-state index contributed by atoms with van der Waals surface area (Å²) < 4.78 is 2.31. The molecule has 0 amide bonds. The minimum atomic E-state index is -0.452. The first-order valence-electron chi connectivity index (χ1n) is 18.9. The Morgan fingerprint density at radius 1 is 0.400 bits per heavy atom. The molecule has 12 rings (SSSR count). The van der Waals surface area contributed by atoms with Gasteiger partial charge in [-0.1, -0.05) is 133 Å². The minimum absolute atomic E-state index is 0.207. The molecular weight excluding hydrogens is 671 g/mol. The van der Waals surface area contributed by atoms with Crippen molar-refractivity contribution in [3.8, 4) is 62.1 Å². The van der Waals surface area contributed by atoms with Gasteiger partial charge in [0.1, 0.15) is 5.82 Å². The average molecular weight is 704 g/mol. The lowest BCUT2D eigenvalue weighted by Crippen LogP contribution is -2.25. The van der Waals surface area contributed by atoms with Crippen molar-refractivity contribution in [2.75, 3.05) is 0 Å². The fourth-order valence-corrected chi connectivity index (χ4v) is 9.78. The number of aromatic nitrogens is 5. The van der Waals surface area contributed by atoms with Crippen LogP contribution in [0.15, 0.2) is 164 Å². The van der Waals surface area contributed by atoms with Crippen LogP contribution in [0.4, 0.5) is 0 Å². The maximum absolute atomic E-state index is 5.26. The molecule has 5 nitrogen and oxygen atoms in total. The first kappa shape index (κ1) is 30.5. The summed E-state index contributed by atoms with van der Waals surface area (Å²) in [5.74, 6) is 2.94. The molecule has 0 saturated heterocycles. The maximum atomic E-state index is 5.26. The number of fused-ring (bicyclic) bond motifs is 15. The van der Waals surface area contributed by atoms with E-state index in [4.69, 9.17) is 19.9 Å². The van der Waals surface area contributed by atoms with E-state index in [1.807, 2.05) is 18.2 Å². The molecule has 1 spiro atoms. The van der Waals surface area contributed by atoms with Gasteiger partial charge in [-0.3, -0.25) is 4.57 Å². The summed E-state index contributed by atoms with van der Waals surface area (Å²) in [4.78, 5) is 20.8. The van der Waals surface area contributed by atoms with E-state index in [-0.39, 0.29) is 5.41 Å². The van der Waals surface area contributed by atoms with E-state index in [1.54, 1.807) is 0 Å². The molecule has 0 saturated carbocycles. The fourth-order valence-electron chi connectivity index (χ4n) is 9.78. The lowest BCUT2D eigenvalue weighted by atomic mass is 9.70. The molecule has 5 heteroatoms. The smallest absolute Gasteiger partial charge is 0.164 e. The molecule has 0 fully saturated rings. The summed E-state index contributed by atoms with van der Waals surface area (Å²) in [6.45, 7) is 4.51. The van der Waals surface area contributed by atoms with Crippen molar-refractivity contribution in [3.05, 3.63) is 197 Å². The molecule has 1 aliphatic heterocycles. The predicted octanol–water partition coefficient (Wildman–Crippen LogP) is 11.2. The molecule has 258 valence electrons. The molecular formula is C50H33N5. The van der Waals surface area contributed by atoms with Crippen LogP contribution in [-0.4, -0.2) is 24.5 Å². The van der Waals surface area contributed by atoms with Gasteiger partial charge in [0.2, 0.25) is 0 Å². The Morgan fingerprint density at radius 3 is 1.53 bits per heavy atom. The summed E-state index contributed by atoms with van der Waals surface area (Å²) in [5.41, 5.74) is 16.9. The lowest BCUT2D eigenvalue weighted by molar-refractivity contribution is 0.621. The van der Waals surface area contributed by atoms with Crippen molar-refractivity contribution >= 4 is 11.0 Å². The Labute approximate surface area is 318 Å². The molecule has 0 unspecified atom stereocenters. The Hall–Kier alpha value is -6.98. The van der Waals surface area contributed by atoms with Crippen LogP contribution in [0.1, 0.15) is 47.5 Å². The Morgan fingerprint density at radius 2 is 0.891 bits per heavy atom. The molecule has 7 aromatic carbocycles. The van der Waals surface area contributed by atoms with Crippen molar-refractivity contribution in [2.24, 2.45) is 0 Å². The second-order valence-corrected chi connectivity index (χ2v) is 15.4. The number of benzene rings is 7. The van der Waals surface area contributed by atoms with Crippen molar-refractivity contribution < 1.29 is 0 Å². The van der Waals surface area contributed by atoms with Crippen LogP contribution >= 0.6 is 0 Å². The quantitative estimate of drug-likeness (QED) is 0.184. The number of para-hydroxylation sites is 1. The van der Waals surface area contributed by atoms with Gasteiger partial charge in [0.25, 0.3) is 0 Å².